The Kier molecular flexibility index (Phi) is 9.35. The van der Waals surface area contributed by atoms with E-state index in [-0.39, 0.29) is 70.4 Å². The molecule has 5 aromatic rings. The highest BCUT2D eigenvalue weighted by molar-refractivity contribution is 7.23. The lowest BCUT2D eigenvalue weighted by atomic mass is 9.91. The van der Waals surface area contributed by atoms with E-state index in [1.807, 2.05) is 11.0 Å². The van der Waals surface area contributed by atoms with Crippen molar-refractivity contribution in [1.82, 2.24) is 19.9 Å². The monoisotopic (exact) mass is 760 g/mol. The van der Waals surface area contributed by atoms with E-state index in [4.69, 9.17) is 20.9 Å². The molecule has 18 heteroatoms. The molecule has 1 saturated heterocycles. The molecule has 4 N–H and O–H groups in total. The zero-order valence-electron chi connectivity index (χ0n) is 28.1. The Morgan fingerprint density at radius 3 is 2.62 bits per heavy atom. The highest BCUT2D eigenvalue weighted by Gasteiger charge is 2.44. The van der Waals surface area contributed by atoms with E-state index in [0.717, 1.165) is 12.1 Å². The van der Waals surface area contributed by atoms with E-state index >= 15 is 22.0 Å². The fraction of sp³-hybridized carbons (Fsp3) is 0.371. The van der Waals surface area contributed by atoms with Crippen LogP contribution in [0, 0.1) is 28.9 Å². The third kappa shape index (κ3) is 6.35. The van der Waals surface area contributed by atoms with Crippen LogP contribution in [0.25, 0.3) is 32.1 Å². The van der Waals surface area contributed by atoms with Gasteiger partial charge in [-0.15, -0.1) is 11.3 Å². The van der Waals surface area contributed by atoms with Crippen LogP contribution in [0.2, 0.25) is 0 Å². The highest BCUT2D eigenvalue weighted by Crippen LogP contribution is 2.54. The van der Waals surface area contributed by atoms with E-state index in [0.29, 0.717) is 29.9 Å². The molecular weight excluding hydrogens is 729 g/mol. The van der Waals surface area contributed by atoms with Crippen molar-refractivity contribution in [2.75, 3.05) is 49.7 Å². The standard InChI is InChI=1S/C35H31F7N8O2S/c1-15(18-4-3-7-46-31(18)44)50-8-9-51-29-25-28(47-34(48-33(25)50)52-14-17-10-16(11-22(37)38)13-49(17)2)27(39)24(26(29)35(40,41)42)19-5-6-21(36)30-23(19)20(12-43)32(45)53-30/h3-7,15-17,22H,8-11,13-14,45H2,1-2H3,(H2,44,46)/t15-,16?,17?/m1/s1. The quantitative estimate of drug-likeness (QED) is 0.153. The molecule has 3 aromatic heterocycles. The number of halogens is 7. The van der Waals surface area contributed by atoms with E-state index in [1.54, 1.807) is 31.0 Å². The summed E-state index contributed by atoms with van der Waals surface area (Å²) in [5.74, 6) is -3.39. The first-order chi connectivity index (χ1) is 25.2. The Morgan fingerprint density at radius 1 is 1.15 bits per heavy atom. The van der Waals surface area contributed by atoms with Crippen LogP contribution < -0.4 is 25.8 Å². The maximum absolute atomic E-state index is 17.3. The van der Waals surface area contributed by atoms with Crippen LogP contribution in [-0.2, 0) is 6.18 Å². The van der Waals surface area contributed by atoms with Gasteiger partial charge in [-0.1, -0.05) is 12.1 Å². The van der Waals surface area contributed by atoms with Gasteiger partial charge in [0.05, 0.1) is 28.2 Å². The number of aromatic nitrogens is 3. The van der Waals surface area contributed by atoms with Gasteiger partial charge in [-0.2, -0.15) is 28.4 Å². The number of likely N-dealkylation sites (N-methyl/N-ethyl adjacent to an activating group) is 1. The molecule has 3 atom stereocenters. The van der Waals surface area contributed by atoms with Gasteiger partial charge in [-0.3, -0.25) is 4.90 Å². The predicted molar refractivity (Wildman–Crippen MR) is 185 cm³/mol. The fourth-order valence-electron chi connectivity index (χ4n) is 7.38. The molecule has 2 unspecified atom stereocenters. The first-order valence-electron chi connectivity index (χ1n) is 16.5. The second kappa shape index (κ2) is 13.7. The van der Waals surface area contributed by atoms with E-state index < -0.39 is 69.6 Å². The lowest BCUT2D eigenvalue weighted by molar-refractivity contribution is -0.138. The molecule has 2 aliphatic heterocycles. The number of hydrogen-bond donors (Lipinski definition) is 2. The fourth-order valence-corrected chi connectivity index (χ4v) is 8.33. The van der Waals surface area contributed by atoms with Gasteiger partial charge < -0.3 is 25.8 Å². The summed E-state index contributed by atoms with van der Waals surface area (Å²) in [5, 5.41) is 9.03. The summed E-state index contributed by atoms with van der Waals surface area (Å²) in [6.07, 6.45) is -6.17. The maximum Gasteiger partial charge on any atom is 0.420 e. The van der Waals surface area contributed by atoms with Gasteiger partial charge in [-0.05, 0) is 44.0 Å². The number of alkyl halides is 5. The molecule has 278 valence electrons. The number of hydrogen-bond acceptors (Lipinski definition) is 11. The molecule has 0 saturated carbocycles. The molecule has 2 aromatic carbocycles. The number of ether oxygens (including phenoxy) is 2. The number of nitrogens with two attached hydrogens (primary N) is 2. The van der Waals surface area contributed by atoms with Crippen molar-refractivity contribution in [2.24, 2.45) is 5.92 Å². The second-order valence-corrected chi connectivity index (χ2v) is 14.1. The third-order valence-electron chi connectivity index (χ3n) is 9.81. The molecule has 10 nitrogen and oxygen atoms in total. The second-order valence-electron chi connectivity index (χ2n) is 13.0. The van der Waals surface area contributed by atoms with E-state index in [9.17, 15) is 14.0 Å². The Labute approximate surface area is 301 Å². The van der Waals surface area contributed by atoms with Gasteiger partial charge in [0.15, 0.2) is 5.82 Å². The number of nitrogen functional groups attached to an aromatic ring is 2. The molecule has 0 bridgehead atoms. The number of pyridine rings is 1. The number of nitriles is 1. The SMILES string of the molecule is C[C@H](c1cccnc1N)N1CCOc2c(C(F)(F)F)c(-c3ccc(F)c4sc(N)c(C#N)c34)c(F)c3nc(OCC4CC(CC(F)F)CN4C)nc1c23. The Morgan fingerprint density at radius 2 is 1.92 bits per heavy atom. The minimum Gasteiger partial charge on any atom is -0.490 e. The Balaban J connectivity index is 1.48. The van der Waals surface area contributed by atoms with Gasteiger partial charge >= 0.3 is 12.2 Å². The molecular formula is C35H31F7N8O2S. The molecule has 0 spiro atoms. The summed E-state index contributed by atoms with van der Waals surface area (Å²) in [5.41, 5.74) is 8.76. The van der Waals surface area contributed by atoms with E-state index in [2.05, 4.69) is 15.0 Å². The van der Waals surface area contributed by atoms with Gasteiger partial charge in [0, 0.05) is 41.7 Å². The molecule has 2 aliphatic rings. The van der Waals surface area contributed by atoms with Crippen molar-refractivity contribution in [3.05, 3.63) is 58.8 Å². The van der Waals surface area contributed by atoms with Gasteiger partial charge in [0.25, 0.3) is 0 Å². The smallest absolute Gasteiger partial charge is 0.420 e. The molecule has 0 radical (unpaired) electrons. The molecule has 0 amide bonds. The summed E-state index contributed by atoms with van der Waals surface area (Å²) in [6.45, 7) is 1.64. The van der Waals surface area contributed by atoms with Gasteiger partial charge in [-0.25, -0.2) is 22.5 Å². The van der Waals surface area contributed by atoms with Crippen molar-refractivity contribution in [1.29, 1.82) is 5.26 Å². The van der Waals surface area contributed by atoms with Gasteiger partial charge in [0.1, 0.15) is 58.6 Å². The molecule has 1 fully saturated rings. The Bertz CT molecular complexity index is 2280. The lowest BCUT2D eigenvalue weighted by Crippen LogP contribution is -2.32. The summed E-state index contributed by atoms with van der Waals surface area (Å²) in [6, 6.07) is 5.55. The number of rotatable bonds is 8. The number of thiophene rings is 1. The van der Waals surface area contributed by atoms with Crippen molar-refractivity contribution in [3.63, 3.8) is 0 Å². The van der Waals surface area contributed by atoms with E-state index in [1.165, 1.54) is 6.20 Å². The highest BCUT2D eigenvalue weighted by atomic mass is 32.1. The predicted octanol–water partition coefficient (Wildman–Crippen LogP) is 7.55. The molecule has 53 heavy (non-hydrogen) atoms. The maximum atomic E-state index is 17.3. The number of nitrogens with zero attached hydrogens (tertiary/aromatic N) is 6. The zero-order valence-corrected chi connectivity index (χ0v) is 29.0. The summed E-state index contributed by atoms with van der Waals surface area (Å²) >= 11 is 0.648. The summed E-state index contributed by atoms with van der Waals surface area (Å²) in [4.78, 5) is 16.4. The van der Waals surface area contributed by atoms with Crippen molar-refractivity contribution in [2.45, 2.75) is 44.5 Å². The van der Waals surface area contributed by atoms with Crippen LogP contribution in [0.5, 0.6) is 11.8 Å². The van der Waals surface area contributed by atoms with Crippen LogP contribution in [0.4, 0.5) is 47.4 Å². The average molecular weight is 761 g/mol. The first kappa shape index (κ1) is 36.2. The van der Waals surface area contributed by atoms with Crippen LogP contribution >= 0.6 is 11.3 Å². The first-order valence-corrected chi connectivity index (χ1v) is 17.3. The zero-order chi connectivity index (χ0) is 37.9. The van der Waals surface area contributed by atoms with Crippen molar-refractivity contribution in [3.8, 4) is 29.0 Å². The number of fused-ring (bicyclic) bond motifs is 1. The van der Waals surface area contributed by atoms with Crippen LogP contribution in [0.3, 0.4) is 0 Å². The largest absolute Gasteiger partial charge is 0.490 e. The molecule has 7 rings (SSSR count). The average Bonchev–Trinajstić information content (AvgIpc) is 3.56. The minimum atomic E-state index is -5.25. The van der Waals surface area contributed by atoms with Crippen LogP contribution in [0.15, 0.2) is 30.5 Å². The third-order valence-corrected chi connectivity index (χ3v) is 10.8. The summed E-state index contributed by atoms with van der Waals surface area (Å²) < 4.78 is 116. The summed E-state index contributed by atoms with van der Waals surface area (Å²) in [7, 11) is 1.75. The Hall–Kier alpha value is -5.15. The van der Waals surface area contributed by atoms with Crippen molar-refractivity contribution >= 4 is 49.0 Å². The van der Waals surface area contributed by atoms with Crippen LogP contribution in [0.1, 0.15) is 42.5 Å². The normalized spacial score (nSPS) is 18.4. The van der Waals surface area contributed by atoms with Crippen molar-refractivity contribution < 1.29 is 40.2 Å². The number of likely N-dealkylation sites (tertiary alicyclic amines) is 1. The van der Waals surface area contributed by atoms with Gasteiger partial charge in [0.2, 0.25) is 6.43 Å². The topological polar surface area (TPSA) is 139 Å². The lowest BCUT2D eigenvalue weighted by Gasteiger charge is -2.30. The minimum absolute atomic E-state index is 0.0505. The molecule has 5 heterocycles. The number of anilines is 3. The molecule has 0 aliphatic carbocycles. The number of benzene rings is 2. The van der Waals surface area contributed by atoms with Crippen LogP contribution in [-0.4, -0.2) is 65.7 Å².